The molecule has 2 fully saturated rings. The molecule has 2 N–H and O–H groups in total. The third-order valence-corrected chi connectivity index (χ3v) is 7.53. The van der Waals surface area contributed by atoms with Crippen LogP contribution in [0.25, 0.3) is 0 Å². The Morgan fingerprint density at radius 1 is 1.11 bits per heavy atom. The second-order valence-electron chi connectivity index (χ2n) is 7.34. The molecule has 152 valence electrons. The predicted molar refractivity (Wildman–Crippen MR) is 109 cm³/mol. The van der Waals surface area contributed by atoms with Crippen molar-refractivity contribution in [2.75, 3.05) is 38.5 Å². The van der Waals surface area contributed by atoms with Crippen LogP contribution in [0.15, 0.2) is 30.3 Å². The molecule has 2 heterocycles. The predicted octanol–water partition coefficient (Wildman–Crippen LogP) is 1.81. The zero-order valence-corrected chi connectivity index (χ0v) is 17.3. The molecule has 8 heteroatoms. The van der Waals surface area contributed by atoms with Crippen LogP contribution in [0.3, 0.4) is 0 Å². The third kappa shape index (κ3) is 5.44. The van der Waals surface area contributed by atoms with Gasteiger partial charge in [-0.2, -0.15) is 0 Å². The maximum absolute atomic E-state index is 12.6. The van der Waals surface area contributed by atoms with Gasteiger partial charge in [-0.1, -0.05) is 30.3 Å². The highest BCUT2D eigenvalue weighted by Crippen LogP contribution is 2.32. The quantitative estimate of drug-likeness (QED) is 0.736. The van der Waals surface area contributed by atoms with Gasteiger partial charge >= 0.3 is 0 Å². The van der Waals surface area contributed by atoms with Crippen LogP contribution in [-0.2, 0) is 14.8 Å². The van der Waals surface area contributed by atoms with E-state index in [1.165, 1.54) is 5.56 Å². The largest absolute Gasteiger partial charge is 0.342 e. The van der Waals surface area contributed by atoms with Crippen molar-refractivity contribution in [2.45, 2.75) is 31.6 Å². The molecule has 27 heavy (non-hydrogen) atoms. The molecule has 6 nitrogen and oxygen atoms in total. The lowest BCUT2D eigenvalue weighted by Gasteiger charge is -2.18. The SMILES string of the molecule is Cl.NC[C@@H]1CN(C(=O)CCCS(=O)(=O)N2CCCC2)C[C@H]1c1ccccc1. The topological polar surface area (TPSA) is 83.7 Å². The van der Waals surface area contributed by atoms with Gasteiger partial charge in [-0.3, -0.25) is 4.79 Å². The fourth-order valence-electron chi connectivity index (χ4n) is 4.05. The number of nitrogens with zero attached hydrogens (tertiary/aromatic N) is 2. The summed E-state index contributed by atoms with van der Waals surface area (Å²) in [7, 11) is -3.21. The van der Waals surface area contributed by atoms with Crippen molar-refractivity contribution in [3.8, 4) is 0 Å². The number of carbonyl (C=O) groups is 1. The van der Waals surface area contributed by atoms with Gasteiger partial charge in [-0.15, -0.1) is 12.4 Å². The van der Waals surface area contributed by atoms with Crippen molar-refractivity contribution < 1.29 is 13.2 Å². The molecule has 0 bridgehead atoms. The Labute approximate surface area is 168 Å². The number of hydrogen-bond acceptors (Lipinski definition) is 4. The van der Waals surface area contributed by atoms with E-state index in [1.807, 2.05) is 23.1 Å². The van der Waals surface area contributed by atoms with E-state index < -0.39 is 10.0 Å². The van der Waals surface area contributed by atoms with Crippen LogP contribution in [0.1, 0.15) is 37.2 Å². The minimum absolute atomic E-state index is 0. The lowest BCUT2D eigenvalue weighted by Crippen LogP contribution is -2.32. The van der Waals surface area contributed by atoms with Crippen LogP contribution in [0.4, 0.5) is 0 Å². The standard InChI is InChI=1S/C19H29N3O3S.ClH/c20-13-17-14-21(15-18(17)16-7-2-1-3-8-16)19(23)9-6-12-26(24,25)22-10-4-5-11-22;/h1-3,7-8,17-18H,4-6,9-15,20H2;1H/t17-,18+;/m1./s1. The van der Waals surface area contributed by atoms with Crippen molar-refractivity contribution in [2.24, 2.45) is 11.7 Å². The summed E-state index contributed by atoms with van der Waals surface area (Å²) in [4.78, 5) is 14.4. The molecule has 2 aliphatic rings. The molecule has 1 aromatic carbocycles. The maximum Gasteiger partial charge on any atom is 0.222 e. The van der Waals surface area contributed by atoms with E-state index in [0.717, 1.165) is 12.8 Å². The van der Waals surface area contributed by atoms with E-state index in [0.29, 0.717) is 39.1 Å². The minimum Gasteiger partial charge on any atom is -0.342 e. The molecule has 1 aromatic rings. The Hall–Kier alpha value is -1.15. The van der Waals surface area contributed by atoms with Crippen LogP contribution in [0, 0.1) is 5.92 Å². The van der Waals surface area contributed by atoms with Gasteiger partial charge < -0.3 is 10.6 Å². The molecule has 0 saturated carbocycles. The molecular weight excluding hydrogens is 386 g/mol. The van der Waals surface area contributed by atoms with Crippen molar-refractivity contribution in [3.63, 3.8) is 0 Å². The molecule has 0 unspecified atom stereocenters. The van der Waals surface area contributed by atoms with E-state index in [1.54, 1.807) is 4.31 Å². The number of nitrogens with two attached hydrogens (primary N) is 1. The van der Waals surface area contributed by atoms with E-state index in [-0.39, 0.29) is 42.3 Å². The molecule has 0 aliphatic carbocycles. The summed E-state index contributed by atoms with van der Waals surface area (Å²) in [5.41, 5.74) is 7.15. The molecule has 3 rings (SSSR count). The number of benzene rings is 1. The fourth-order valence-corrected chi connectivity index (χ4v) is 5.63. The average molecular weight is 416 g/mol. The highest BCUT2D eigenvalue weighted by atomic mass is 35.5. The van der Waals surface area contributed by atoms with Gasteiger partial charge in [0.2, 0.25) is 15.9 Å². The second kappa shape index (κ2) is 9.87. The summed E-state index contributed by atoms with van der Waals surface area (Å²) < 4.78 is 26.1. The van der Waals surface area contributed by atoms with Crippen molar-refractivity contribution >= 4 is 28.3 Å². The summed E-state index contributed by atoms with van der Waals surface area (Å²) in [6.07, 6.45) is 2.55. The first-order chi connectivity index (χ1) is 12.5. The van der Waals surface area contributed by atoms with Crippen LogP contribution in [0.5, 0.6) is 0 Å². The Morgan fingerprint density at radius 3 is 2.41 bits per heavy atom. The van der Waals surface area contributed by atoms with E-state index in [9.17, 15) is 13.2 Å². The summed E-state index contributed by atoms with van der Waals surface area (Å²) in [6.45, 7) is 3.13. The lowest BCUT2D eigenvalue weighted by molar-refractivity contribution is -0.130. The van der Waals surface area contributed by atoms with E-state index >= 15 is 0 Å². The Balaban J connectivity index is 0.00000261. The van der Waals surface area contributed by atoms with Crippen molar-refractivity contribution in [3.05, 3.63) is 35.9 Å². The van der Waals surface area contributed by atoms with Crippen molar-refractivity contribution in [1.82, 2.24) is 9.21 Å². The summed E-state index contributed by atoms with van der Waals surface area (Å²) in [5.74, 6) is 0.626. The molecule has 2 atom stereocenters. The number of hydrogen-bond donors (Lipinski definition) is 1. The summed E-state index contributed by atoms with van der Waals surface area (Å²) in [6, 6.07) is 10.2. The summed E-state index contributed by atoms with van der Waals surface area (Å²) >= 11 is 0. The Morgan fingerprint density at radius 2 is 1.78 bits per heavy atom. The number of likely N-dealkylation sites (tertiary alicyclic amines) is 1. The van der Waals surface area contributed by atoms with E-state index in [4.69, 9.17) is 5.73 Å². The van der Waals surface area contributed by atoms with Crippen molar-refractivity contribution in [1.29, 1.82) is 0 Å². The monoisotopic (exact) mass is 415 g/mol. The number of halogens is 1. The van der Waals surface area contributed by atoms with Gasteiger partial charge in [-0.25, -0.2) is 12.7 Å². The van der Waals surface area contributed by atoms with Gasteiger partial charge in [0.25, 0.3) is 0 Å². The highest BCUT2D eigenvalue weighted by Gasteiger charge is 2.35. The summed E-state index contributed by atoms with van der Waals surface area (Å²) in [5, 5.41) is 0. The molecule has 0 radical (unpaired) electrons. The van der Waals surface area contributed by atoms with Crippen LogP contribution < -0.4 is 5.73 Å². The maximum atomic E-state index is 12.6. The minimum atomic E-state index is -3.21. The first-order valence-corrected chi connectivity index (χ1v) is 11.1. The molecular formula is C19H30ClN3O3S. The highest BCUT2D eigenvalue weighted by molar-refractivity contribution is 7.89. The third-order valence-electron chi connectivity index (χ3n) is 5.58. The number of sulfonamides is 1. The number of carbonyl (C=O) groups excluding carboxylic acids is 1. The average Bonchev–Trinajstić information content (AvgIpc) is 3.32. The molecule has 0 aromatic heterocycles. The van der Waals surface area contributed by atoms with Crippen LogP contribution in [0.2, 0.25) is 0 Å². The smallest absolute Gasteiger partial charge is 0.222 e. The normalized spacial score (nSPS) is 23.4. The molecule has 0 spiro atoms. The molecule has 2 aliphatic heterocycles. The van der Waals surface area contributed by atoms with Gasteiger partial charge in [-0.05, 0) is 37.3 Å². The zero-order valence-electron chi connectivity index (χ0n) is 15.6. The van der Waals surface area contributed by atoms with Gasteiger partial charge in [0.05, 0.1) is 5.75 Å². The number of rotatable bonds is 7. The van der Waals surface area contributed by atoms with Gasteiger partial charge in [0, 0.05) is 38.5 Å². The number of amides is 1. The lowest BCUT2D eigenvalue weighted by atomic mass is 9.89. The Bertz CT molecular complexity index is 708. The van der Waals surface area contributed by atoms with Crippen LogP contribution >= 0.6 is 12.4 Å². The first-order valence-electron chi connectivity index (χ1n) is 9.52. The second-order valence-corrected chi connectivity index (χ2v) is 9.43. The molecule has 2 saturated heterocycles. The first kappa shape index (κ1) is 22.1. The van der Waals surface area contributed by atoms with Gasteiger partial charge in [0.1, 0.15) is 0 Å². The van der Waals surface area contributed by atoms with E-state index in [2.05, 4.69) is 12.1 Å². The molecule has 1 amide bonds. The van der Waals surface area contributed by atoms with Crippen LogP contribution in [-0.4, -0.2) is 62.0 Å². The van der Waals surface area contributed by atoms with Gasteiger partial charge in [0.15, 0.2) is 0 Å². The Kier molecular flexibility index (Phi) is 8.09. The fraction of sp³-hybridized carbons (Fsp3) is 0.632. The zero-order chi connectivity index (χ0) is 18.6.